The molecule has 0 aliphatic carbocycles. The number of imide groups is 1. The second-order valence-electron chi connectivity index (χ2n) is 16.8. The van der Waals surface area contributed by atoms with Gasteiger partial charge in [-0.2, -0.15) is 0 Å². The van der Waals surface area contributed by atoms with E-state index < -0.39 is 109 Å². The van der Waals surface area contributed by atoms with Crippen molar-refractivity contribution < 1.29 is 58.7 Å². The van der Waals surface area contributed by atoms with Gasteiger partial charge in [0.15, 0.2) is 6.29 Å². The van der Waals surface area contributed by atoms with Gasteiger partial charge in [-0.15, -0.1) is 0 Å². The number of nitrogens with one attached hydrogen (secondary N) is 2. The van der Waals surface area contributed by atoms with E-state index in [4.69, 9.17) is 26.7 Å². The highest BCUT2D eigenvalue weighted by atomic mass is 16.6. The molecule has 61 heavy (non-hydrogen) atoms. The molecule has 0 aromatic rings. The molecule has 0 radical (unpaired) electrons. The third-order valence-corrected chi connectivity index (χ3v) is 11.3. The fourth-order valence-corrected chi connectivity index (χ4v) is 7.93. The molecule has 18 nitrogen and oxygen atoms in total. The summed E-state index contributed by atoms with van der Waals surface area (Å²) in [6.45, 7) is 5.72. The SMILES string of the molecule is CCCCCCCCCCCCCCCCCC(=O)N(C(=O)CC[C@@H](NC(=O)[C@H](C)N)C(N)=O)[C@](CCCCN)(CC(C)O[C@H]1[C@H](O)[C@@H](CO)O[C@H](O)[C@@H]1NC(C)=O)C(=O)O. The number of primary amides is 1. The van der Waals surface area contributed by atoms with Crippen molar-refractivity contribution in [2.45, 2.75) is 223 Å². The van der Waals surface area contributed by atoms with E-state index >= 15 is 0 Å². The molecule has 18 heteroatoms. The maximum absolute atomic E-state index is 14.3. The predicted molar refractivity (Wildman–Crippen MR) is 229 cm³/mol. The molecule has 0 aromatic heterocycles. The van der Waals surface area contributed by atoms with E-state index in [1.165, 1.54) is 78.6 Å². The Morgan fingerprint density at radius 2 is 1.34 bits per heavy atom. The van der Waals surface area contributed by atoms with E-state index in [1.807, 2.05) is 0 Å². The first-order chi connectivity index (χ1) is 29.0. The summed E-state index contributed by atoms with van der Waals surface area (Å²) >= 11 is 0. The van der Waals surface area contributed by atoms with Gasteiger partial charge in [-0.3, -0.25) is 28.9 Å². The molecule has 5 amide bonds. The van der Waals surface area contributed by atoms with Crippen LogP contribution in [0, 0.1) is 0 Å². The number of ether oxygens (including phenoxy) is 2. The lowest BCUT2D eigenvalue weighted by Crippen LogP contribution is -2.66. The summed E-state index contributed by atoms with van der Waals surface area (Å²) in [7, 11) is 0. The van der Waals surface area contributed by atoms with E-state index in [-0.39, 0.29) is 32.2 Å². The van der Waals surface area contributed by atoms with Crippen molar-refractivity contribution in [1.29, 1.82) is 0 Å². The number of nitrogens with zero attached hydrogens (tertiary/aromatic N) is 1. The number of carboxylic acid groups (broad SMARTS) is 1. The summed E-state index contributed by atoms with van der Waals surface area (Å²) in [5.74, 6) is -5.46. The lowest BCUT2D eigenvalue weighted by molar-refractivity contribution is -0.268. The fraction of sp³-hybridized carbons (Fsp3) is 0.860. The number of aliphatic hydroxyl groups excluding tert-OH is 3. The molecule has 1 unspecified atom stereocenters. The van der Waals surface area contributed by atoms with Crippen molar-refractivity contribution in [1.82, 2.24) is 15.5 Å². The van der Waals surface area contributed by atoms with Gasteiger partial charge in [-0.05, 0) is 52.5 Å². The van der Waals surface area contributed by atoms with E-state index in [1.54, 1.807) is 0 Å². The molecule has 9 atom stereocenters. The summed E-state index contributed by atoms with van der Waals surface area (Å²) < 4.78 is 11.4. The standard InChI is InChI=1S/C43H80N6O12/c1-5-6-7-8-9-10-11-12-13-14-15-16-17-18-19-22-34(52)49(35(53)24-23-32(39(46)55)48-40(56)30(3)45)43(42(58)59,25-20-21-26-44)27-29(2)60-38-36(47-31(4)51)41(57)61-33(28-50)37(38)54/h29-30,32-33,36-38,41,50,54,57H,5-28,44-45H2,1-4H3,(H2,46,55)(H,47,51)(H,48,56)(H,58,59)/t29?,30-,32+,33+,36+,37+,38+,41-,43+/m0/s1. The summed E-state index contributed by atoms with van der Waals surface area (Å²) in [4.78, 5) is 79.7. The zero-order valence-electron chi connectivity index (χ0n) is 37.3. The molecule has 0 saturated carbocycles. The normalized spacial score (nSPS) is 21.4. The number of carbonyl (C=O) groups is 6. The van der Waals surface area contributed by atoms with E-state index in [2.05, 4.69) is 17.6 Å². The van der Waals surface area contributed by atoms with E-state index in [9.17, 15) is 49.2 Å². The third kappa shape index (κ3) is 20.2. The predicted octanol–water partition coefficient (Wildman–Crippen LogP) is 2.39. The topological polar surface area (TPSA) is 307 Å². The monoisotopic (exact) mass is 873 g/mol. The number of amides is 5. The zero-order chi connectivity index (χ0) is 46.0. The largest absolute Gasteiger partial charge is 0.479 e. The molecular weight excluding hydrogens is 793 g/mol. The minimum atomic E-state index is -2.23. The molecule has 1 rings (SSSR count). The number of unbranched alkanes of at least 4 members (excludes halogenated alkanes) is 15. The van der Waals surface area contributed by atoms with E-state index in [0.29, 0.717) is 19.3 Å². The van der Waals surface area contributed by atoms with Crippen LogP contribution in [0.3, 0.4) is 0 Å². The van der Waals surface area contributed by atoms with Crippen molar-refractivity contribution in [3.8, 4) is 0 Å². The molecule has 0 aromatic carbocycles. The number of hydrogen-bond donors (Lipinski definition) is 9. The number of aliphatic carboxylic acids is 1. The number of aliphatic hydroxyl groups is 3. The van der Waals surface area contributed by atoms with Crippen LogP contribution in [0.5, 0.6) is 0 Å². The highest BCUT2D eigenvalue weighted by Gasteiger charge is 2.52. The van der Waals surface area contributed by atoms with Crippen LogP contribution in [0.4, 0.5) is 0 Å². The molecule has 1 saturated heterocycles. The minimum absolute atomic E-state index is 0.153. The summed E-state index contributed by atoms with van der Waals surface area (Å²) in [5, 5.41) is 47.5. The van der Waals surface area contributed by atoms with Crippen LogP contribution < -0.4 is 27.8 Å². The molecule has 1 heterocycles. The molecule has 12 N–H and O–H groups in total. The van der Waals surface area contributed by atoms with Crippen LogP contribution in [0.25, 0.3) is 0 Å². The molecular formula is C43H80N6O12. The van der Waals surface area contributed by atoms with Gasteiger partial charge < -0.3 is 57.7 Å². The molecule has 1 aliphatic rings. The van der Waals surface area contributed by atoms with Crippen LogP contribution in [0.15, 0.2) is 0 Å². The van der Waals surface area contributed by atoms with Crippen molar-refractivity contribution in [3.63, 3.8) is 0 Å². The molecule has 0 bridgehead atoms. The van der Waals surface area contributed by atoms with Crippen molar-refractivity contribution >= 4 is 35.5 Å². The Morgan fingerprint density at radius 1 is 0.820 bits per heavy atom. The first-order valence-electron chi connectivity index (χ1n) is 22.7. The fourth-order valence-electron chi connectivity index (χ4n) is 7.93. The number of hydrogen-bond acceptors (Lipinski definition) is 13. The van der Waals surface area contributed by atoms with Crippen LogP contribution in [-0.4, -0.2) is 128 Å². The van der Waals surface area contributed by atoms with Crippen molar-refractivity contribution in [2.24, 2.45) is 17.2 Å². The van der Waals surface area contributed by atoms with Gasteiger partial charge in [0, 0.05) is 26.2 Å². The number of rotatable bonds is 34. The Labute approximate surface area is 362 Å². The maximum atomic E-state index is 14.3. The molecule has 1 aliphatic heterocycles. The quantitative estimate of drug-likeness (QED) is 0.0420. The number of nitrogens with two attached hydrogens (primary N) is 3. The minimum Gasteiger partial charge on any atom is -0.479 e. The van der Waals surface area contributed by atoms with Crippen LogP contribution in [0.1, 0.15) is 169 Å². The summed E-state index contributed by atoms with van der Waals surface area (Å²) in [5.41, 5.74) is 14.7. The van der Waals surface area contributed by atoms with Crippen molar-refractivity contribution in [3.05, 3.63) is 0 Å². The van der Waals surface area contributed by atoms with Crippen LogP contribution in [-0.2, 0) is 38.2 Å². The second-order valence-corrected chi connectivity index (χ2v) is 16.8. The summed E-state index contributed by atoms with van der Waals surface area (Å²) in [6, 6.07) is -3.68. The average Bonchev–Trinajstić information content (AvgIpc) is 3.19. The smallest absolute Gasteiger partial charge is 0.330 e. The highest BCUT2D eigenvalue weighted by molar-refractivity contribution is 6.01. The lowest BCUT2D eigenvalue weighted by Gasteiger charge is -2.45. The van der Waals surface area contributed by atoms with Crippen molar-refractivity contribution in [2.75, 3.05) is 13.2 Å². The van der Waals surface area contributed by atoms with Gasteiger partial charge in [0.25, 0.3) is 0 Å². The third-order valence-electron chi connectivity index (χ3n) is 11.3. The first-order valence-corrected chi connectivity index (χ1v) is 22.7. The summed E-state index contributed by atoms with van der Waals surface area (Å²) in [6.07, 6.45) is 8.05. The van der Waals surface area contributed by atoms with Gasteiger partial charge in [0.05, 0.1) is 18.8 Å². The molecule has 354 valence electrons. The Kier molecular flexibility index (Phi) is 28.1. The molecule has 0 spiro atoms. The maximum Gasteiger partial charge on any atom is 0.330 e. The van der Waals surface area contributed by atoms with Crippen LogP contribution in [0.2, 0.25) is 0 Å². The first kappa shape index (κ1) is 55.8. The Morgan fingerprint density at radius 3 is 1.80 bits per heavy atom. The second kappa shape index (κ2) is 30.7. The van der Waals surface area contributed by atoms with Gasteiger partial charge in [0.1, 0.15) is 35.9 Å². The van der Waals surface area contributed by atoms with Gasteiger partial charge in [-0.25, -0.2) is 4.79 Å². The van der Waals surface area contributed by atoms with Gasteiger partial charge >= 0.3 is 5.97 Å². The van der Waals surface area contributed by atoms with Gasteiger partial charge in [-0.1, -0.05) is 96.8 Å². The number of carboxylic acids is 1. The zero-order valence-corrected chi connectivity index (χ0v) is 37.3. The highest BCUT2D eigenvalue weighted by Crippen LogP contribution is 2.34. The Bertz CT molecular complexity index is 1320. The van der Waals surface area contributed by atoms with Gasteiger partial charge in [0.2, 0.25) is 29.5 Å². The van der Waals surface area contributed by atoms with Crippen LogP contribution >= 0.6 is 0 Å². The average molecular weight is 873 g/mol. The molecule has 1 fully saturated rings. The Hall–Kier alpha value is -3.26. The Balaban J connectivity index is 3.32. The lowest BCUT2D eigenvalue weighted by atomic mass is 9.83. The number of carbonyl (C=O) groups excluding carboxylic acids is 5. The van der Waals surface area contributed by atoms with E-state index in [0.717, 1.165) is 30.6 Å².